The molecule has 1 aromatic carbocycles. The van der Waals surface area contributed by atoms with Crippen molar-refractivity contribution in [1.29, 1.82) is 0 Å². The normalized spacial score (nSPS) is 11.3. The van der Waals surface area contributed by atoms with Gasteiger partial charge in [0.15, 0.2) is 11.5 Å². The van der Waals surface area contributed by atoms with Crippen LogP contribution in [0.25, 0.3) is 6.08 Å². The van der Waals surface area contributed by atoms with E-state index >= 15 is 0 Å². The number of aromatic hydroxyl groups is 2. The van der Waals surface area contributed by atoms with Crippen molar-refractivity contribution in [3.8, 4) is 11.5 Å². The number of esters is 1. The van der Waals surface area contributed by atoms with Crippen LogP contribution in [0.15, 0.2) is 23.8 Å². The summed E-state index contributed by atoms with van der Waals surface area (Å²) in [6.07, 6.45) is 2.18. The first-order chi connectivity index (χ1) is 8.08. The zero-order chi connectivity index (χ0) is 12.8. The lowest BCUT2D eigenvalue weighted by Gasteiger charge is -2.05. The van der Waals surface area contributed by atoms with Gasteiger partial charge in [-0.3, -0.25) is 0 Å². The molecule has 0 radical (unpaired) electrons. The fourth-order valence-corrected chi connectivity index (χ4v) is 1.36. The number of hydrogen-bond acceptors (Lipinski definition) is 4. The Morgan fingerprint density at radius 1 is 1.29 bits per heavy atom. The third-order valence-corrected chi connectivity index (χ3v) is 2.26. The van der Waals surface area contributed by atoms with E-state index in [4.69, 9.17) is 9.84 Å². The molecule has 0 aliphatic rings. The summed E-state index contributed by atoms with van der Waals surface area (Å²) in [6.45, 7) is 3.93. The number of rotatable bonds is 4. The van der Waals surface area contributed by atoms with Gasteiger partial charge >= 0.3 is 5.97 Å². The molecule has 0 aliphatic heterocycles. The second-order valence-corrected chi connectivity index (χ2v) is 3.49. The Kier molecular flexibility index (Phi) is 4.57. The van der Waals surface area contributed by atoms with Crippen LogP contribution in [0.1, 0.15) is 25.8 Å². The van der Waals surface area contributed by atoms with E-state index in [1.807, 2.05) is 6.92 Å². The average Bonchev–Trinajstić information content (AvgIpc) is 2.30. The van der Waals surface area contributed by atoms with Crippen molar-refractivity contribution in [3.05, 3.63) is 29.3 Å². The maximum absolute atomic E-state index is 11.5. The Labute approximate surface area is 100 Å². The first-order valence-electron chi connectivity index (χ1n) is 5.48. The quantitative estimate of drug-likeness (QED) is 0.478. The SMILES string of the molecule is CCOC(=O)/C(=C/c1ccc(O)c(O)c1)CC. The minimum atomic E-state index is -0.359. The molecule has 17 heavy (non-hydrogen) atoms. The van der Waals surface area contributed by atoms with Gasteiger partial charge in [0.05, 0.1) is 6.61 Å². The minimum absolute atomic E-state index is 0.184. The molecule has 1 rings (SSSR count). The van der Waals surface area contributed by atoms with Crippen molar-refractivity contribution in [2.24, 2.45) is 0 Å². The molecule has 0 atom stereocenters. The van der Waals surface area contributed by atoms with Crippen molar-refractivity contribution < 1.29 is 19.7 Å². The Morgan fingerprint density at radius 2 is 2.00 bits per heavy atom. The van der Waals surface area contributed by atoms with E-state index in [0.717, 1.165) is 0 Å². The van der Waals surface area contributed by atoms with Crippen LogP contribution < -0.4 is 0 Å². The number of carbonyl (C=O) groups is 1. The van der Waals surface area contributed by atoms with E-state index in [1.165, 1.54) is 12.1 Å². The molecule has 0 aromatic heterocycles. The Balaban J connectivity index is 2.98. The van der Waals surface area contributed by atoms with Gasteiger partial charge in [-0.2, -0.15) is 0 Å². The smallest absolute Gasteiger partial charge is 0.333 e. The molecule has 0 spiro atoms. The van der Waals surface area contributed by atoms with Crippen LogP contribution in [-0.4, -0.2) is 22.8 Å². The molecule has 92 valence electrons. The fraction of sp³-hybridized carbons (Fsp3) is 0.308. The minimum Gasteiger partial charge on any atom is -0.504 e. The van der Waals surface area contributed by atoms with Gasteiger partial charge in [-0.05, 0) is 37.1 Å². The van der Waals surface area contributed by atoms with E-state index in [0.29, 0.717) is 24.2 Å². The summed E-state index contributed by atoms with van der Waals surface area (Å²) in [5, 5.41) is 18.5. The molecular formula is C13H16O4. The summed E-state index contributed by atoms with van der Waals surface area (Å²) < 4.78 is 4.90. The summed E-state index contributed by atoms with van der Waals surface area (Å²) in [4.78, 5) is 11.5. The molecule has 0 unspecified atom stereocenters. The molecule has 0 fully saturated rings. The van der Waals surface area contributed by atoms with Crippen LogP contribution in [0.2, 0.25) is 0 Å². The van der Waals surface area contributed by atoms with E-state index < -0.39 is 0 Å². The second-order valence-electron chi connectivity index (χ2n) is 3.49. The van der Waals surface area contributed by atoms with Crippen molar-refractivity contribution in [2.45, 2.75) is 20.3 Å². The molecule has 4 nitrogen and oxygen atoms in total. The number of ether oxygens (including phenoxy) is 1. The molecule has 0 saturated heterocycles. The molecule has 1 aromatic rings. The van der Waals surface area contributed by atoms with E-state index in [1.54, 1.807) is 19.1 Å². The van der Waals surface area contributed by atoms with Crippen molar-refractivity contribution >= 4 is 12.0 Å². The number of phenols is 2. The van der Waals surface area contributed by atoms with Crippen molar-refractivity contribution in [2.75, 3.05) is 6.61 Å². The summed E-state index contributed by atoms with van der Waals surface area (Å²) >= 11 is 0. The standard InChI is InChI=1S/C13H16O4/c1-3-10(13(16)17-4-2)7-9-5-6-11(14)12(15)8-9/h5-8,14-15H,3-4H2,1-2H3/b10-7+. The van der Waals surface area contributed by atoms with Gasteiger partial charge in [0, 0.05) is 5.57 Å². The predicted octanol–water partition coefficient (Wildman–Crippen LogP) is 2.45. The maximum Gasteiger partial charge on any atom is 0.333 e. The molecule has 0 saturated carbocycles. The highest BCUT2D eigenvalue weighted by Gasteiger charge is 2.08. The largest absolute Gasteiger partial charge is 0.504 e. The van der Waals surface area contributed by atoms with Crippen LogP contribution in [0, 0.1) is 0 Å². The predicted molar refractivity (Wildman–Crippen MR) is 64.7 cm³/mol. The maximum atomic E-state index is 11.5. The van der Waals surface area contributed by atoms with Gasteiger partial charge in [-0.15, -0.1) is 0 Å². The molecule has 4 heteroatoms. The third kappa shape index (κ3) is 3.52. The van der Waals surface area contributed by atoms with Gasteiger partial charge in [-0.25, -0.2) is 4.79 Å². The van der Waals surface area contributed by atoms with Crippen molar-refractivity contribution in [1.82, 2.24) is 0 Å². The molecule has 0 amide bonds. The van der Waals surface area contributed by atoms with Gasteiger partial charge in [0.1, 0.15) is 0 Å². The number of carbonyl (C=O) groups excluding carboxylic acids is 1. The lowest BCUT2D eigenvalue weighted by Crippen LogP contribution is -2.06. The van der Waals surface area contributed by atoms with Crippen LogP contribution in [-0.2, 0) is 9.53 Å². The summed E-state index contributed by atoms with van der Waals surface area (Å²) in [5.74, 6) is -0.753. The van der Waals surface area contributed by atoms with Crippen LogP contribution >= 0.6 is 0 Å². The monoisotopic (exact) mass is 236 g/mol. The summed E-state index contributed by atoms with van der Waals surface area (Å²) in [5.41, 5.74) is 1.17. The molecule has 0 heterocycles. The topological polar surface area (TPSA) is 66.8 Å². The van der Waals surface area contributed by atoms with Gasteiger partial charge in [0.25, 0.3) is 0 Å². The summed E-state index contributed by atoms with van der Waals surface area (Å²) in [6, 6.07) is 4.38. The van der Waals surface area contributed by atoms with Gasteiger partial charge in [-0.1, -0.05) is 13.0 Å². The number of hydrogen-bond donors (Lipinski definition) is 2. The highest BCUT2D eigenvalue weighted by Crippen LogP contribution is 2.26. The summed E-state index contributed by atoms with van der Waals surface area (Å²) in [7, 11) is 0. The highest BCUT2D eigenvalue weighted by molar-refractivity contribution is 5.93. The molecular weight excluding hydrogens is 220 g/mol. The number of benzene rings is 1. The fourth-order valence-electron chi connectivity index (χ4n) is 1.36. The Morgan fingerprint density at radius 3 is 2.53 bits per heavy atom. The Bertz CT molecular complexity index is 435. The van der Waals surface area contributed by atoms with Crippen LogP contribution in [0.3, 0.4) is 0 Å². The van der Waals surface area contributed by atoms with E-state index in [-0.39, 0.29) is 17.5 Å². The lowest BCUT2D eigenvalue weighted by atomic mass is 10.1. The lowest BCUT2D eigenvalue weighted by molar-refractivity contribution is -0.138. The first-order valence-corrected chi connectivity index (χ1v) is 5.48. The first kappa shape index (κ1) is 13.1. The van der Waals surface area contributed by atoms with E-state index in [9.17, 15) is 9.90 Å². The molecule has 2 N–H and O–H groups in total. The molecule has 0 aliphatic carbocycles. The molecule has 0 bridgehead atoms. The van der Waals surface area contributed by atoms with Gasteiger partial charge < -0.3 is 14.9 Å². The number of phenolic OH excluding ortho intramolecular Hbond substituents is 2. The highest BCUT2D eigenvalue weighted by atomic mass is 16.5. The zero-order valence-corrected chi connectivity index (χ0v) is 9.93. The van der Waals surface area contributed by atoms with Crippen LogP contribution in [0.5, 0.6) is 11.5 Å². The Hall–Kier alpha value is -1.97. The van der Waals surface area contributed by atoms with Crippen molar-refractivity contribution in [3.63, 3.8) is 0 Å². The zero-order valence-electron chi connectivity index (χ0n) is 9.93. The average molecular weight is 236 g/mol. The second kappa shape index (κ2) is 5.94. The third-order valence-electron chi connectivity index (χ3n) is 2.26. The van der Waals surface area contributed by atoms with E-state index in [2.05, 4.69) is 0 Å². The van der Waals surface area contributed by atoms with Crippen LogP contribution in [0.4, 0.5) is 0 Å². The van der Waals surface area contributed by atoms with Gasteiger partial charge in [0.2, 0.25) is 0 Å².